The second-order valence-corrected chi connectivity index (χ2v) is 6.00. The van der Waals surface area contributed by atoms with Gasteiger partial charge in [0.05, 0.1) is 5.60 Å². The Kier molecular flexibility index (Phi) is 1.81. The van der Waals surface area contributed by atoms with Crippen LogP contribution in [0.2, 0.25) is 0 Å². The summed E-state index contributed by atoms with van der Waals surface area (Å²) in [4.78, 5) is 0. The van der Waals surface area contributed by atoms with Crippen LogP contribution in [0, 0.1) is 17.3 Å². The predicted molar refractivity (Wildman–Crippen MR) is 56.9 cm³/mol. The number of methoxy groups -OCH3 is 1. The number of rotatable bonds is 2. The Morgan fingerprint density at radius 2 is 2.21 bits per heavy atom. The Morgan fingerprint density at radius 3 is 2.86 bits per heavy atom. The van der Waals surface area contributed by atoms with Crippen molar-refractivity contribution < 1.29 is 4.74 Å². The summed E-state index contributed by atoms with van der Waals surface area (Å²) < 4.78 is 5.86. The van der Waals surface area contributed by atoms with Crippen molar-refractivity contribution in [3.05, 3.63) is 5.92 Å². The predicted octanol–water partition coefficient (Wildman–Crippen LogP) is 3.34. The monoisotopic (exact) mass is 193 g/mol. The molecule has 0 aromatic heterocycles. The van der Waals surface area contributed by atoms with E-state index in [0.29, 0.717) is 5.41 Å². The molecule has 14 heavy (non-hydrogen) atoms. The Bertz CT molecular complexity index is 210. The van der Waals surface area contributed by atoms with E-state index in [1.165, 1.54) is 44.9 Å². The van der Waals surface area contributed by atoms with Gasteiger partial charge in [-0.1, -0.05) is 13.3 Å². The Hall–Kier alpha value is -0.0400. The van der Waals surface area contributed by atoms with Crippen LogP contribution < -0.4 is 0 Å². The zero-order valence-corrected chi connectivity index (χ0v) is 9.44. The molecular weight excluding hydrogens is 172 g/mol. The zero-order valence-electron chi connectivity index (χ0n) is 9.44. The van der Waals surface area contributed by atoms with E-state index in [2.05, 4.69) is 6.92 Å². The Balaban J connectivity index is 1.94. The van der Waals surface area contributed by atoms with Crippen LogP contribution in [-0.2, 0) is 4.74 Å². The highest BCUT2D eigenvalue weighted by Crippen LogP contribution is 2.64. The molecule has 1 nitrogen and oxygen atoms in total. The molecule has 0 heterocycles. The highest BCUT2D eigenvalue weighted by atomic mass is 16.5. The van der Waals surface area contributed by atoms with E-state index in [1.807, 2.05) is 13.0 Å². The molecule has 4 bridgehead atoms. The molecule has 4 fully saturated rings. The van der Waals surface area contributed by atoms with Crippen molar-refractivity contribution in [2.75, 3.05) is 7.11 Å². The minimum Gasteiger partial charge on any atom is -0.378 e. The molecule has 0 amide bonds. The van der Waals surface area contributed by atoms with Gasteiger partial charge in [-0.05, 0) is 55.8 Å². The second-order valence-electron chi connectivity index (χ2n) is 6.00. The number of hydrogen-bond acceptors (Lipinski definition) is 1. The normalized spacial score (nSPS) is 51.4. The summed E-state index contributed by atoms with van der Waals surface area (Å²) in [6.45, 7) is 2.37. The first kappa shape index (κ1) is 9.21. The van der Waals surface area contributed by atoms with Crippen molar-refractivity contribution in [3.8, 4) is 0 Å². The molecule has 4 saturated carbocycles. The first-order valence-corrected chi connectivity index (χ1v) is 6.08. The third-order valence-corrected chi connectivity index (χ3v) is 5.04. The van der Waals surface area contributed by atoms with Crippen molar-refractivity contribution in [1.82, 2.24) is 0 Å². The highest BCUT2D eigenvalue weighted by Gasteiger charge is 2.57. The molecule has 0 saturated heterocycles. The lowest BCUT2D eigenvalue weighted by Gasteiger charge is -2.61. The first-order valence-electron chi connectivity index (χ1n) is 6.08. The number of ether oxygens (including phenoxy) is 1. The summed E-state index contributed by atoms with van der Waals surface area (Å²) in [7, 11) is 1.93. The Morgan fingerprint density at radius 1 is 1.36 bits per heavy atom. The van der Waals surface area contributed by atoms with Crippen LogP contribution in [0.4, 0.5) is 0 Å². The van der Waals surface area contributed by atoms with Crippen LogP contribution in [0.25, 0.3) is 0 Å². The van der Waals surface area contributed by atoms with Gasteiger partial charge in [-0.25, -0.2) is 0 Å². The maximum absolute atomic E-state index is 5.86. The van der Waals surface area contributed by atoms with Crippen LogP contribution in [0.5, 0.6) is 0 Å². The van der Waals surface area contributed by atoms with E-state index in [-0.39, 0.29) is 5.60 Å². The van der Waals surface area contributed by atoms with Crippen molar-refractivity contribution >= 4 is 0 Å². The fraction of sp³-hybridized carbons (Fsp3) is 0.923. The minimum atomic E-state index is 0.269. The Labute approximate surface area is 87.2 Å². The third-order valence-electron chi connectivity index (χ3n) is 5.04. The smallest absolute Gasteiger partial charge is 0.0692 e. The van der Waals surface area contributed by atoms with Crippen molar-refractivity contribution in [1.29, 1.82) is 0 Å². The summed E-state index contributed by atoms with van der Waals surface area (Å²) in [5, 5.41) is 0. The van der Waals surface area contributed by atoms with E-state index < -0.39 is 0 Å². The van der Waals surface area contributed by atoms with Gasteiger partial charge in [-0.2, -0.15) is 0 Å². The van der Waals surface area contributed by atoms with E-state index >= 15 is 0 Å². The summed E-state index contributed by atoms with van der Waals surface area (Å²) >= 11 is 0. The molecule has 0 spiro atoms. The molecule has 0 aliphatic heterocycles. The third kappa shape index (κ3) is 1.11. The van der Waals surface area contributed by atoms with Crippen LogP contribution >= 0.6 is 0 Å². The van der Waals surface area contributed by atoms with E-state index in [9.17, 15) is 0 Å². The van der Waals surface area contributed by atoms with Gasteiger partial charge in [-0.3, -0.25) is 0 Å². The van der Waals surface area contributed by atoms with Crippen molar-refractivity contribution in [2.24, 2.45) is 11.3 Å². The topological polar surface area (TPSA) is 9.23 Å². The lowest BCUT2D eigenvalue weighted by atomic mass is 9.47. The van der Waals surface area contributed by atoms with Gasteiger partial charge in [0.2, 0.25) is 0 Å². The minimum absolute atomic E-state index is 0.269. The van der Waals surface area contributed by atoms with Gasteiger partial charge >= 0.3 is 0 Å². The van der Waals surface area contributed by atoms with Gasteiger partial charge < -0.3 is 4.74 Å². The standard InChI is InChI=1S/C13H21O/c1-3-12-5-10-4-11(6-12)8-13(7-10,9-12)14-2/h10H,3-9H2,1-2H3. The summed E-state index contributed by atoms with van der Waals surface area (Å²) in [6, 6.07) is 0. The molecule has 1 radical (unpaired) electrons. The first-order chi connectivity index (χ1) is 6.69. The van der Waals surface area contributed by atoms with Gasteiger partial charge in [0.1, 0.15) is 0 Å². The zero-order chi connectivity index (χ0) is 9.81. The van der Waals surface area contributed by atoms with Crippen molar-refractivity contribution in [2.45, 2.75) is 57.5 Å². The molecule has 4 rings (SSSR count). The SMILES string of the molecule is CCC12C[C]3CC(C1)CC(OC)(C3)C2. The summed E-state index contributed by atoms with van der Waals surface area (Å²) in [5.41, 5.74) is 0.912. The van der Waals surface area contributed by atoms with E-state index in [0.717, 1.165) is 5.92 Å². The van der Waals surface area contributed by atoms with E-state index in [1.54, 1.807) is 0 Å². The maximum Gasteiger partial charge on any atom is 0.0692 e. The molecule has 3 unspecified atom stereocenters. The molecule has 0 aromatic carbocycles. The average Bonchev–Trinajstić information content (AvgIpc) is 2.16. The van der Waals surface area contributed by atoms with Crippen molar-refractivity contribution in [3.63, 3.8) is 0 Å². The van der Waals surface area contributed by atoms with E-state index in [4.69, 9.17) is 4.74 Å². The van der Waals surface area contributed by atoms with Gasteiger partial charge in [-0.15, -0.1) is 0 Å². The van der Waals surface area contributed by atoms with Gasteiger partial charge in [0.25, 0.3) is 0 Å². The fourth-order valence-corrected chi connectivity index (χ4v) is 4.68. The molecule has 4 aliphatic carbocycles. The van der Waals surface area contributed by atoms with Gasteiger partial charge in [0.15, 0.2) is 0 Å². The second kappa shape index (κ2) is 2.75. The molecule has 4 aliphatic rings. The summed E-state index contributed by atoms with van der Waals surface area (Å²) in [6.07, 6.45) is 9.65. The van der Waals surface area contributed by atoms with Crippen LogP contribution in [0.3, 0.4) is 0 Å². The molecule has 3 atom stereocenters. The quantitative estimate of drug-likeness (QED) is 0.653. The van der Waals surface area contributed by atoms with Gasteiger partial charge in [0, 0.05) is 7.11 Å². The molecule has 1 heteroatoms. The maximum atomic E-state index is 5.86. The largest absolute Gasteiger partial charge is 0.378 e. The molecular formula is C13H21O. The van der Waals surface area contributed by atoms with Crippen LogP contribution in [0.1, 0.15) is 51.9 Å². The average molecular weight is 193 g/mol. The lowest BCUT2D eigenvalue weighted by molar-refractivity contribution is -0.146. The molecule has 79 valence electrons. The lowest BCUT2D eigenvalue weighted by Crippen LogP contribution is -2.55. The van der Waals surface area contributed by atoms with Crippen LogP contribution in [-0.4, -0.2) is 12.7 Å². The molecule has 0 aromatic rings. The highest BCUT2D eigenvalue weighted by molar-refractivity contribution is 5.19. The fourth-order valence-electron chi connectivity index (χ4n) is 4.68. The van der Waals surface area contributed by atoms with Crippen LogP contribution in [0.15, 0.2) is 0 Å². The molecule has 0 N–H and O–H groups in total. The number of hydrogen-bond donors (Lipinski definition) is 0. The summed E-state index contributed by atoms with van der Waals surface area (Å²) in [5.74, 6) is 2.78.